The van der Waals surface area contributed by atoms with E-state index in [9.17, 15) is 9.18 Å². The molecule has 0 saturated heterocycles. The van der Waals surface area contributed by atoms with Crippen LogP contribution < -0.4 is 15.4 Å². The lowest BCUT2D eigenvalue weighted by Gasteiger charge is -2.19. The van der Waals surface area contributed by atoms with Gasteiger partial charge < -0.3 is 15.4 Å². The van der Waals surface area contributed by atoms with E-state index in [1.54, 1.807) is 0 Å². The van der Waals surface area contributed by atoms with Gasteiger partial charge in [-0.2, -0.15) is 0 Å². The van der Waals surface area contributed by atoms with Gasteiger partial charge in [-0.15, -0.1) is 0 Å². The topological polar surface area (TPSA) is 50.4 Å². The molecule has 0 radical (unpaired) electrons. The summed E-state index contributed by atoms with van der Waals surface area (Å²) in [6.07, 6.45) is 0. The van der Waals surface area contributed by atoms with Gasteiger partial charge in [0.1, 0.15) is 18.2 Å². The first-order chi connectivity index (χ1) is 11.8. The van der Waals surface area contributed by atoms with Crippen LogP contribution in [0.3, 0.4) is 0 Å². The number of carbonyl (C=O) groups excluding carboxylic acids is 1. The van der Waals surface area contributed by atoms with E-state index in [0.29, 0.717) is 18.0 Å². The molecule has 0 saturated carbocycles. The standard InChI is InChI=1S/C19H22ClFN2O2/c1-19(2,3)13-4-7-15(8-5-13)23-18(24)22-10-11-25-17-9-6-14(21)12-16(17)20/h4-9,12H,10-11H2,1-3H3,(H2,22,23,24). The van der Waals surface area contributed by atoms with Crippen molar-refractivity contribution in [3.05, 3.63) is 58.9 Å². The monoisotopic (exact) mass is 364 g/mol. The summed E-state index contributed by atoms with van der Waals surface area (Å²) in [6.45, 7) is 6.92. The van der Waals surface area contributed by atoms with E-state index in [-0.39, 0.29) is 23.1 Å². The van der Waals surface area contributed by atoms with Crippen LogP contribution in [0.5, 0.6) is 5.75 Å². The number of ether oxygens (including phenoxy) is 1. The molecule has 4 nitrogen and oxygen atoms in total. The molecule has 2 aromatic rings. The lowest BCUT2D eigenvalue weighted by Crippen LogP contribution is -2.32. The molecule has 25 heavy (non-hydrogen) atoms. The Balaban J connectivity index is 1.75. The fraction of sp³-hybridized carbons (Fsp3) is 0.316. The van der Waals surface area contributed by atoms with E-state index in [1.165, 1.54) is 23.8 Å². The van der Waals surface area contributed by atoms with Crippen LogP contribution in [0.25, 0.3) is 0 Å². The van der Waals surface area contributed by atoms with Gasteiger partial charge in [0.15, 0.2) is 0 Å². The maximum absolute atomic E-state index is 12.9. The van der Waals surface area contributed by atoms with Crippen molar-refractivity contribution in [3.8, 4) is 5.75 Å². The van der Waals surface area contributed by atoms with Crippen LogP contribution in [-0.4, -0.2) is 19.2 Å². The van der Waals surface area contributed by atoms with Crippen molar-refractivity contribution in [1.82, 2.24) is 5.32 Å². The molecule has 2 aromatic carbocycles. The lowest BCUT2D eigenvalue weighted by atomic mass is 9.87. The summed E-state index contributed by atoms with van der Waals surface area (Å²) >= 11 is 5.86. The van der Waals surface area contributed by atoms with Crippen LogP contribution in [0, 0.1) is 5.82 Å². The molecular weight excluding hydrogens is 343 g/mol. The first-order valence-corrected chi connectivity index (χ1v) is 8.37. The van der Waals surface area contributed by atoms with Crippen LogP contribution in [0.15, 0.2) is 42.5 Å². The van der Waals surface area contributed by atoms with Gasteiger partial charge in [0, 0.05) is 5.69 Å². The van der Waals surface area contributed by atoms with E-state index >= 15 is 0 Å². The highest BCUT2D eigenvalue weighted by molar-refractivity contribution is 6.32. The van der Waals surface area contributed by atoms with Gasteiger partial charge in [-0.1, -0.05) is 44.5 Å². The molecule has 0 aliphatic carbocycles. The van der Waals surface area contributed by atoms with Crippen molar-refractivity contribution in [2.24, 2.45) is 0 Å². The van der Waals surface area contributed by atoms with Crippen molar-refractivity contribution in [2.75, 3.05) is 18.5 Å². The smallest absolute Gasteiger partial charge is 0.319 e. The number of amides is 2. The second-order valence-electron chi connectivity index (χ2n) is 6.63. The van der Waals surface area contributed by atoms with Crippen LogP contribution in [0.2, 0.25) is 5.02 Å². The van der Waals surface area contributed by atoms with E-state index < -0.39 is 5.82 Å². The molecule has 0 fully saturated rings. The first-order valence-electron chi connectivity index (χ1n) is 7.99. The van der Waals surface area contributed by atoms with E-state index in [4.69, 9.17) is 16.3 Å². The first kappa shape index (κ1) is 19.1. The summed E-state index contributed by atoms with van der Waals surface area (Å²) in [4.78, 5) is 11.9. The second kappa shape index (κ2) is 8.21. The number of halogens is 2. The molecule has 0 bridgehead atoms. The molecule has 0 spiro atoms. The van der Waals surface area contributed by atoms with Crippen LogP contribution in [0.1, 0.15) is 26.3 Å². The molecule has 6 heteroatoms. The minimum absolute atomic E-state index is 0.0692. The molecule has 2 N–H and O–H groups in total. The SMILES string of the molecule is CC(C)(C)c1ccc(NC(=O)NCCOc2ccc(F)cc2Cl)cc1. The van der Waals surface area contributed by atoms with Crippen molar-refractivity contribution in [1.29, 1.82) is 0 Å². The van der Waals surface area contributed by atoms with Crippen LogP contribution >= 0.6 is 11.6 Å². The molecule has 0 unspecified atom stereocenters. The molecule has 134 valence electrons. The Morgan fingerprint density at radius 2 is 1.84 bits per heavy atom. The normalized spacial score (nSPS) is 11.1. The van der Waals surface area contributed by atoms with Gasteiger partial charge in [0.05, 0.1) is 11.6 Å². The minimum atomic E-state index is -0.424. The average Bonchev–Trinajstić information content (AvgIpc) is 2.53. The number of carbonyl (C=O) groups is 1. The summed E-state index contributed by atoms with van der Waals surface area (Å²) in [5, 5.41) is 5.64. The molecular formula is C19H22ClFN2O2. The molecule has 0 aromatic heterocycles. The average molecular weight is 365 g/mol. The molecule has 2 amide bonds. The zero-order chi connectivity index (χ0) is 18.4. The number of nitrogens with one attached hydrogen (secondary N) is 2. The van der Waals surface area contributed by atoms with Crippen molar-refractivity contribution in [3.63, 3.8) is 0 Å². The van der Waals surface area contributed by atoms with Gasteiger partial charge >= 0.3 is 6.03 Å². The van der Waals surface area contributed by atoms with E-state index in [1.807, 2.05) is 24.3 Å². The van der Waals surface area contributed by atoms with Crippen molar-refractivity contribution >= 4 is 23.3 Å². The summed E-state index contributed by atoms with van der Waals surface area (Å²) in [6, 6.07) is 11.3. The summed E-state index contributed by atoms with van der Waals surface area (Å²) in [5.74, 6) is -0.0459. The summed E-state index contributed by atoms with van der Waals surface area (Å²) in [5.41, 5.74) is 1.98. The number of anilines is 1. The third-order valence-electron chi connectivity index (χ3n) is 3.55. The molecule has 0 aliphatic heterocycles. The second-order valence-corrected chi connectivity index (χ2v) is 7.04. The third kappa shape index (κ3) is 5.94. The lowest BCUT2D eigenvalue weighted by molar-refractivity contribution is 0.247. The molecule has 0 atom stereocenters. The maximum atomic E-state index is 12.9. The molecule has 2 rings (SSSR count). The largest absolute Gasteiger partial charge is 0.490 e. The van der Waals surface area contributed by atoms with E-state index in [0.717, 1.165) is 0 Å². The zero-order valence-electron chi connectivity index (χ0n) is 14.5. The predicted molar refractivity (Wildman–Crippen MR) is 99.1 cm³/mol. The van der Waals surface area contributed by atoms with Gasteiger partial charge in [-0.05, 0) is 41.3 Å². The van der Waals surface area contributed by atoms with Gasteiger partial charge in [0.2, 0.25) is 0 Å². The highest BCUT2D eigenvalue weighted by Gasteiger charge is 2.13. The van der Waals surface area contributed by atoms with Crippen LogP contribution in [0.4, 0.5) is 14.9 Å². The molecule has 0 aliphatic rings. The Hall–Kier alpha value is -2.27. The Labute approximate surface area is 152 Å². The van der Waals surface area contributed by atoms with Gasteiger partial charge in [-0.25, -0.2) is 9.18 Å². The van der Waals surface area contributed by atoms with Crippen LogP contribution in [-0.2, 0) is 5.41 Å². The van der Waals surface area contributed by atoms with Gasteiger partial charge in [-0.3, -0.25) is 0 Å². The number of rotatable bonds is 5. The number of hydrogen-bond donors (Lipinski definition) is 2. The highest BCUT2D eigenvalue weighted by atomic mass is 35.5. The minimum Gasteiger partial charge on any atom is -0.490 e. The predicted octanol–water partition coefficient (Wildman–Crippen LogP) is 4.98. The zero-order valence-corrected chi connectivity index (χ0v) is 15.3. The van der Waals surface area contributed by atoms with Crippen molar-refractivity contribution < 1.29 is 13.9 Å². The Morgan fingerprint density at radius 3 is 2.44 bits per heavy atom. The maximum Gasteiger partial charge on any atom is 0.319 e. The van der Waals surface area contributed by atoms with E-state index in [2.05, 4.69) is 31.4 Å². The van der Waals surface area contributed by atoms with Crippen molar-refractivity contribution in [2.45, 2.75) is 26.2 Å². The fourth-order valence-corrected chi connectivity index (χ4v) is 2.37. The number of hydrogen-bond acceptors (Lipinski definition) is 2. The quantitative estimate of drug-likeness (QED) is 0.735. The highest BCUT2D eigenvalue weighted by Crippen LogP contribution is 2.25. The Morgan fingerprint density at radius 1 is 1.16 bits per heavy atom. The fourth-order valence-electron chi connectivity index (χ4n) is 2.15. The Bertz CT molecular complexity index is 727. The third-order valence-corrected chi connectivity index (χ3v) is 3.84. The molecule has 0 heterocycles. The number of benzene rings is 2. The summed E-state index contributed by atoms with van der Waals surface area (Å²) in [7, 11) is 0. The summed E-state index contributed by atoms with van der Waals surface area (Å²) < 4.78 is 18.3. The Kier molecular flexibility index (Phi) is 6.26. The van der Waals surface area contributed by atoms with Gasteiger partial charge in [0.25, 0.3) is 0 Å². The number of urea groups is 1.